The van der Waals surface area contributed by atoms with Gasteiger partial charge in [-0.05, 0) is 53.5 Å². The summed E-state index contributed by atoms with van der Waals surface area (Å²) in [5.41, 5.74) is -0.848. The molecule has 0 fully saturated rings. The van der Waals surface area contributed by atoms with Gasteiger partial charge in [-0.2, -0.15) is 0 Å². The first-order valence-electron chi connectivity index (χ1n) is 11.9. The van der Waals surface area contributed by atoms with Crippen molar-refractivity contribution in [1.29, 1.82) is 0 Å². The van der Waals surface area contributed by atoms with Crippen LogP contribution in [0.25, 0.3) is 0 Å². The van der Waals surface area contributed by atoms with Crippen molar-refractivity contribution in [2.45, 2.75) is 97.2 Å². The smallest absolute Gasteiger partial charge is 0.408 e. The molecular formula is C26H37NO10. The Labute approximate surface area is 216 Å². The SMILES string of the molecule is CC(C)(C)OC(=O)CC[C@H](NC(=O)O[C@@H](CCC(=O)OCc1ccccc1)C(=O)O)C(=O)OC(C)(C)C. The molecule has 0 aliphatic heterocycles. The second-order valence-electron chi connectivity index (χ2n) is 10.3. The number of alkyl carbamates (subject to hydrolysis) is 1. The van der Waals surface area contributed by atoms with Crippen molar-refractivity contribution in [2.75, 3.05) is 0 Å². The van der Waals surface area contributed by atoms with Gasteiger partial charge in [0.25, 0.3) is 0 Å². The van der Waals surface area contributed by atoms with E-state index in [1.54, 1.807) is 65.8 Å². The normalized spacial score (nSPS) is 13.0. The van der Waals surface area contributed by atoms with Crippen molar-refractivity contribution in [3.63, 3.8) is 0 Å². The van der Waals surface area contributed by atoms with Crippen LogP contribution in [0.2, 0.25) is 0 Å². The van der Waals surface area contributed by atoms with Gasteiger partial charge in [0.05, 0.1) is 0 Å². The molecule has 0 aliphatic rings. The lowest BCUT2D eigenvalue weighted by atomic mass is 10.1. The summed E-state index contributed by atoms with van der Waals surface area (Å²) in [6, 6.07) is 7.62. The highest BCUT2D eigenvalue weighted by Gasteiger charge is 2.31. The molecule has 2 N–H and O–H groups in total. The molecule has 0 saturated carbocycles. The van der Waals surface area contributed by atoms with Gasteiger partial charge >= 0.3 is 30.0 Å². The van der Waals surface area contributed by atoms with Gasteiger partial charge in [-0.25, -0.2) is 14.4 Å². The first-order chi connectivity index (χ1) is 17.1. The van der Waals surface area contributed by atoms with Crippen molar-refractivity contribution in [3.8, 4) is 0 Å². The van der Waals surface area contributed by atoms with E-state index in [4.69, 9.17) is 18.9 Å². The zero-order valence-corrected chi connectivity index (χ0v) is 22.2. The molecule has 0 unspecified atom stereocenters. The number of benzene rings is 1. The van der Waals surface area contributed by atoms with Crippen molar-refractivity contribution >= 4 is 30.0 Å². The Balaban J connectivity index is 2.71. The molecule has 206 valence electrons. The van der Waals surface area contributed by atoms with Crippen LogP contribution in [0.15, 0.2) is 30.3 Å². The van der Waals surface area contributed by atoms with Crippen LogP contribution in [0, 0.1) is 0 Å². The predicted molar refractivity (Wildman–Crippen MR) is 131 cm³/mol. The van der Waals surface area contributed by atoms with Crippen LogP contribution < -0.4 is 5.32 Å². The van der Waals surface area contributed by atoms with E-state index < -0.39 is 53.3 Å². The summed E-state index contributed by atoms with van der Waals surface area (Å²) in [7, 11) is 0. The number of carboxylic acids is 1. The third-order valence-electron chi connectivity index (χ3n) is 4.42. The maximum atomic E-state index is 12.6. The van der Waals surface area contributed by atoms with E-state index in [1.165, 1.54) is 0 Å². The number of aliphatic carboxylic acids is 1. The topological polar surface area (TPSA) is 155 Å². The van der Waals surface area contributed by atoms with Crippen LogP contribution in [0.3, 0.4) is 0 Å². The summed E-state index contributed by atoms with van der Waals surface area (Å²) in [6.07, 6.45) is -3.92. The van der Waals surface area contributed by atoms with Crippen LogP contribution in [0.1, 0.15) is 72.8 Å². The fraction of sp³-hybridized carbons (Fsp3) is 0.577. The molecule has 2 atom stereocenters. The number of ether oxygens (including phenoxy) is 4. The van der Waals surface area contributed by atoms with Gasteiger partial charge < -0.3 is 29.4 Å². The highest BCUT2D eigenvalue weighted by molar-refractivity contribution is 5.84. The Kier molecular flexibility index (Phi) is 12.0. The Morgan fingerprint density at radius 1 is 0.838 bits per heavy atom. The summed E-state index contributed by atoms with van der Waals surface area (Å²) >= 11 is 0. The molecule has 37 heavy (non-hydrogen) atoms. The average molecular weight is 524 g/mol. The van der Waals surface area contributed by atoms with Gasteiger partial charge in [0.1, 0.15) is 23.9 Å². The molecule has 0 spiro atoms. The molecule has 1 aromatic rings. The van der Waals surface area contributed by atoms with Gasteiger partial charge in [0, 0.05) is 19.3 Å². The molecule has 0 bridgehead atoms. The lowest BCUT2D eigenvalue weighted by molar-refractivity contribution is -0.158. The van der Waals surface area contributed by atoms with E-state index in [9.17, 15) is 29.1 Å². The average Bonchev–Trinajstić information content (AvgIpc) is 2.76. The van der Waals surface area contributed by atoms with Gasteiger partial charge in [0.15, 0.2) is 0 Å². The zero-order chi connectivity index (χ0) is 28.2. The largest absolute Gasteiger partial charge is 0.479 e. The Morgan fingerprint density at radius 2 is 1.41 bits per heavy atom. The highest BCUT2D eigenvalue weighted by atomic mass is 16.6. The van der Waals surface area contributed by atoms with Crippen LogP contribution in [0.5, 0.6) is 0 Å². The highest BCUT2D eigenvalue weighted by Crippen LogP contribution is 2.14. The number of rotatable bonds is 12. The first kappa shape index (κ1) is 31.4. The number of amides is 1. The first-order valence-corrected chi connectivity index (χ1v) is 11.9. The third kappa shape index (κ3) is 14.5. The lowest BCUT2D eigenvalue weighted by Crippen LogP contribution is -2.46. The number of nitrogens with one attached hydrogen (secondary N) is 1. The summed E-state index contributed by atoms with van der Waals surface area (Å²) in [5.74, 6) is -3.56. The number of carbonyl (C=O) groups is 5. The number of hydrogen-bond acceptors (Lipinski definition) is 9. The zero-order valence-electron chi connectivity index (χ0n) is 22.2. The van der Waals surface area contributed by atoms with Crippen molar-refractivity contribution in [3.05, 3.63) is 35.9 Å². The standard InChI is InChI=1S/C26H37NO10/c1-25(2,3)36-21(29)14-12-18(23(32)37-26(4,5)6)27-24(33)35-19(22(30)31)13-15-20(28)34-16-17-10-8-7-9-11-17/h7-11,18-19H,12-16H2,1-6H3,(H,27,33)(H,30,31)/t18-,19-/m0/s1. The number of carboxylic acid groups (broad SMARTS) is 1. The van der Waals surface area contributed by atoms with E-state index in [-0.39, 0.29) is 32.3 Å². The Morgan fingerprint density at radius 3 is 1.95 bits per heavy atom. The van der Waals surface area contributed by atoms with Crippen LogP contribution in [-0.2, 0) is 44.7 Å². The minimum atomic E-state index is -1.67. The van der Waals surface area contributed by atoms with Crippen molar-refractivity contribution in [2.24, 2.45) is 0 Å². The molecule has 0 radical (unpaired) electrons. The van der Waals surface area contributed by atoms with Gasteiger partial charge in [-0.15, -0.1) is 0 Å². The molecule has 11 heteroatoms. The quantitative estimate of drug-likeness (QED) is 0.307. The summed E-state index contributed by atoms with van der Waals surface area (Å²) in [4.78, 5) is 60.7. The molecule has 0 aliphatic carbocycles. The number of carbonyl (C=O) groups excluding carboxylic acids is 4. The van der Waals surface area contributed by atoms with Gasteiger partial charge in [-0.3, -0.25) is 9.59 Å². The van der Waals surface area contributed by atoms with Crippen LogP contribution in [-0.4, -0.2) is 58.4 Å². The second kappa shape index (κ2) is 14.2. The second-order valence-corrected chi connectivity index (χ2v) is 10.3. The maximum absolute atomic E-state index is 12.6. The molecule has 0 aromatic heterocycles. The van der Waals surface area contributed by atoms with E-state index in [0.717, 1.165) is 5.56 Å². The minimum Gasteiger partial charge on any atom is -0.479 e. The molecule has 1 rings (SSSR count). The summed E-state index contributed by atoms with van der Waals surface area (Å²) in [5, 5.41) is 11.7. The third-order valence-corrected chi connectivity index (χ3v) is 4.42. The predicted octanol–water partition coefficient (Wildman–Crippen LogP) is 3.52. The van der Waals surface area contributed by atoms with Crippen molar-refractivity contribution < 1.29 is 48.0 Å². The van der Waals surface area contributed by atoms with Gasteiger partial charge in [-0.1, -0.05) is 30.3 Å². The molecule has 1 amide bonds. The molecule has 1 aromatic carbocycles. The maximum Gasteiger partial charge on any atom is 0.408 e. The number of esters is 3. The van der Waals surface area contributed by atoms with E-state index >= 15 is 0 Å². The fourth-order valence-electron chi connectivity index (χ4n) is 2.87. The van der Waals surface area contributed by atoms with E-state index in [0.29, 0.717) is 0 Å². The monoisotopic (exact) mass is 523 g/mol. The molecular weight excluding hydrogens is 486 g/mol. The van der Waals surface area contributed by atoms with Crippen LogP contribution >= 0.6 is 0 Å². The summed E-state index contributed by atoms with van der Waals surface area (Å²) in [6.45, 7) is 9.98. The Hall–Kier alpha value is -3.63. The molecule has 0 saturated heterocycles. The Bertz CT molecular complexity index is 931. The lowest BCUT2D eigenvalue weighted by Gasteiger charge is -2.25. The number of hydrogen-bond donors (Lipinski definition) is 2. The molecule has 11 nitrogen and oxygen atoms in total. The van der Waals surface area contributed by atoms with Crippen molar-refractivity contribution in [1.82, 2.24) is 5.32 Å². The van der Waals surface area contributed by atoms with Crippen LogP contribution in [0.4, 0.5) is 4.79 Å². The fourth-order valence-corrected chi connectivity index (χ4v) is 2.87. The summed E-state index contributed by atoms with van der Waals surface area (Å²) < 4.78 is 20.5. The molecule has 0 heterocycles. The van der Waals surface area contributed by atoms with Gasteiger partial charge in [0.2, 0.25) is 6.10 Å². The minimum absolute atomic E-state index is 0.0218. The van der Waals surface area contributed by atoms with E-state index in [2.05, 4.69) is 5.32 Å². The van der Waals surface area contributed by atoms with E-state index in [1.807, 2.05) is 6.07 Å².